The van der Waals surface area contributed by atoms with Crippen LogP contribution in [0.15, 0.2) is 23.1 Å². The third-order valence-corrected chi connectivity index (χ3v) is 1.17. The van der Waals surface area contributed by atoms with Crippen LogP contribution >= 0.6 is 11.6 Å². The first-order valence-electron chi connectivity index (χ1n) is 2.28. The van der Waals surface area contributed by atoms with Crippen molar-refractivity contribution in [2.75, 3.05) is 0 Å². The highest BCUT2D eigenvalue weighted by Gasteiger charge is 1.94. The Kier molecular flexibility index (Phi) is 1.44. The molecule has 4 heteroatoms. The van der Waals surface area contributed by atoms with Gasteiger partial charge >= 0.3 is 5.56 Å². The van der Waals surface area contributed by atoms with Crippen LogP contribution in [-0.4, -0.2) is 9.94 Å². The smallest absolute Gasteiger partial charge is 0.301 e. The summed E-state index contributed by atoms with van der Waals surface area (Å²) in [6, 6.07) is 2.89. The van der Waals surface area contributed by atoms with Crippen LogP contribution in [0.1, 0.15) is 0 Å². The van der Waals surface area contributed by atoms with Gasteiger partial charge < -0.3 is 5.21 Å². The van der Waals surface area contributed by atoms with Gasteiger partial charge in [0.15, 0.2) is 0 Å². The summed E-state index contributed by atoms with van der Waals surface area (Å²) in [5.41, 5.74) is -0.598. The lowest BCUT2D eigenvalue weighted by Gasteiger charge is -1.91. The molecule has 0 saturated carbocycles. The Labute approximate surface area is 56.1 Å². The molecule has 1 rings (SSSR count). The van der Waals surface area contributed by atoms with E-state index in [1.807, 2.05) is 0 Å². The molecule has 1 heterocycles. The Balaban J connectivity index is 3.43. The zero-order valence-corrected chi connectivity index (χ0v) is 5.17. The highest BCUT2D eigenvalue weighted by molar-refractivity contribution is 6.30. The molecular weight excluding hydrogens is 142 g/mol. The monoisotopic (exact) mass is 145 g/mol. The van der Waals surface area contributed by atoms with Crippen LogP contribution in [0.4, 0.5) is 0 Å². The number of aromatic nitrogens is 1. The van der Waals surface area contributed by atoms with Crippen molar-refractivity contribution in [1.82, 2.24) is 4.73 Å². The predicted molar refractivity (Wildman–Crippen MR) is 32.9 cm³/mol. The number of halogens is 1. The van der Waals surface area contributed by atoms with E-state index in [4.69, 9.17) is 16.8 Å². The van der Waals surface area contributed by atoms with Crippen LogP contribution < -0.4 is 5.56 Å². The van der Waals surface area contributed by atoms with Crippen LogP contribution in [0, 0.1) is 0 Å². The topological polar surface area (TPSA) is 42.2 Å². The Morgan fingerprint density at radius 3 is 2.78 bits per heavy atom. The van der Waals surface area contributed by atoms with E-state index >= 15 is 0 Å². The molecule has 3 nitrogen and oxygen atoms in total. The maximum Gasteiger partial charge on any atom is 0.301 e. The molecule has 0 amide bonds. The fourth-order valence-corrected chi connectivity index (χ4v) is 0.617. The average Bonchev–Trinajstić information content (AvgIpc) is 1.83. The van der Waals surface area contributed by atoms with Gasteiger partial charge in [-0.3, -0.25) is 4.79 Å². The van der Waals surface area contributed by atoms with E-state index in [0.717, 1.165) is 0 Å². The summed E-state index contributed by atoms with van der Waals surface area (Å²) in [6.07, 6.45) is 1.22. The van der Waals surface area contributed by atoms with Crippen molar-refractivity contribution < 1.29 is 5.21 Å². The first kappa shape index (κ1) is 6.16. The Bertz CT molecular complexity index is 245. The number of rotatable bonds is 0. The second-order valence-electron chi connectivity index (χ2n) is 1.51. The molecule has 0 spiro atoms. The standard InChI is InChI=1S/C5H4ClNO2/c6-4-2-1-3-7(9)5(4)8/h1-3,9H. The number of nitrogens with zero attached hydrogens (tertiary/aromatic N) is 1. The molecular formula is C5H4ClNO2. The summed E-state index contributed by atoms with van der Waals surface area (Å²) in [7, 11) is 0. The molecule has 1 N–H and O–H groups in total. The van der Waals surface area contributed by atoms with Crippen molar-refractivity contribution in [1.29, 1.82) is 0 Å². The van der Waals surface area contributed by atoms with Crippen molar-refractivity contribution in [2.24, 2.45) is 0 Å². The lowest BCUT2D eigenvalue weighted by molar-refractivity contribution is 0.175. The highest BCUT2D eigenvalue weighted by Crippen LogP contribution is 1.96. The maximum absolute atomic E-state index is 10.5. The van der Waals surface area contributed by atoms with Gasteiger partial charge in [-0.2, -0.15) is 4.73 Å². The molecule has 0 aliphatic heterocycles. The molecule has 0 radical (unpaired) electrons. The number of pyridine rings is 1. The van der Waals surface area contributed by atoms with Crippen molar-refractivity contribution in [2.45, 2.75) is 0 Å². The molecule has 1 aromatic rings. The zero-order chi connectivity index (χ0) is 6.85. The summed E-state index contributed by atoms with van der Waals surface area (Å²) in [4.78, 5) is 10.5. The number of hydrogen-bond acceptors (Lipinski definition) is 2. The van der Waals surface area contributed by atoms with Gasteiger partial charge in [0.2, 0.25) is 0 Å². The molecule has 0 atom stereocenters. The second kappa shape index (κ2) is 2.11. The Morgan fingerprint density at radius 1 is 1.67 bits per heavy atom. The SMILES string of the molecule is O=c1c(Cl)cccn1O. The van der Waals surface area contributed by atoms with Crippen molar-refractivity contribution in [3.8, 4) is 0 Å². The van der Waals surface area contributed by atoms with Crippen LogP contribution in [0.2, 0.25) is 5.02 Å². The van der Waals surface area contributed by atoms with Crippen LogP contribution in [0.5, 0.6) is 0 Å². The van der Waals surface area contributed by atoms with E-state index in [0.29, 0.717) is 4.73 Å². The Morgan fingerprint density at radius 2 is 2.33 bits per heavy atom. The lowest BCUT2D eigenvalue weighted by Crippen LogP contribution is -2.15. The van der Waals surface area contributed by atoms with Crippen LogP contribution in [0.25, 0.3) is 0 Å². The van der Waals surface area contributed by atoms with E-state index in [1.54, 1.807) is 0 Å². The number of hydrogen-bond donors (Lipinski definition) is 1. The van der Waals surface area contributed by atoms with E-state index in [1.165, 1.54) is 18.3 Å². The van der Waals surface area contributed by atoms with Crippen LogP contribution in [0.3, 0.4) is 0 Å². The van der Waals surface area contributed by atoms with E-state index in [-0.39, 0.29) is 5.02 Å². The normalized spacial score (nSPS) is 9.44. The van der Waals surface area contributed by atoms with Crippen molar-refractivity contribution in [3.05, 3.63) is 33.7 Å². The molecule has 9 heavy (non-hydrogen) atoms. The minimum atomic E-state index is -0.598. The third kappa shape index (κ3) is 1.05. The first-order chi connectivity index (χ1) is 4.22. The van der Waals surface area contributed by atoms with E-state index in [2.05, 4.69) is 0 Å². The third-order valence-electron chi connectivity index (χ3n) is 0.882. The van der Waals surface area contributed by atoms with Gasteiger partial charge in [0.25, 0.3) is 0 Å². The summed E-state index contributed by atoms with van der Waals surface area (Å²) in [6.45, 7) is 0. The predicted octanol–water partition coefficient (Wildman–Crippen LogP) is 0.739. The lowest BCUT2D eigenvalue weighted by atomic mass is 10.5. The van der Waals surface area contributed by atoms with Gasteiger partial charge in [0.05, 0.1) is 0 Å². The summed E-state index contributed by atoms with van der Waals surface area (Å²) in [5, 5.41) is 8.63. The minimum Gasteiger partial charge on any atom is -0.425 e. The molecule has 0 aromatic carbocycles. The van der Waals surface area contributed by atoms with Gasteiger partial charge in [-0.25, -0.2) is 0 Å². The van der Waals surface area contributed by atoms with E-state index < -0.39 is 5.56 Å². The van der Waals surface area contributed by atoms with Crippen LogP contribution in [-0.2, 0) is 0 Å². The van der Waals surface area contributed by atoms with Gasteiger partial charge in [0, 0.05) is 6.20 Å². The average molecular weight is 146 g/mol. The van der Waals surface area contributed by atoms with E-state index in [9.17, 15) is 4.79 Å². The molecule has 0 unspecified atom stereocenters. The van der Waals surface area contributed by atoms with Crippen molar-refractivity contribution in [3.63, 3.8) is 0 Å². The fraction of sp³-hybridized carbons (Fsp3) is 0. The molecule has 0 fully saturated rings. The van der Waals surface area contributed by atoms with Crippen molar-refractivity contribution >= 4 is 11.6 Å². The van der Waals surface area contributed by atoms with Gasteiger partial charge in [0.1, 0.15) is 5.02 Å². The molecule has 1 aromatic heterocycles. The summed E-state index contributed by atoms with van der Waals surface area (Å²) in [5.74, 6) is 0. The zero-order valence-electron chi connectivity index (χ0n) is 4.41. The van der Waals surface area contributed by atoms with Gasteiger partial charge in [-0.1, -0.05) is 11.6 Å². The summed E-state index contributed by atoms with van der Waals surface area (Å²) >= 11 is 5.32. The molecule has 0 aliphatic carbocycles. The highest BCUT2D eigenvalue weighted by atomic mass is 35.5. The minimum absolute atomic E-state index is 0.0139. The second-order valence-corrected chi connectivity index (χ2v) is 1.91. The molecule has 0 saturated heterocycles. The largest absolute Gasteiger partial charge is 0.425 e. The summed E-state index contributed by atoms with van der Waals surface area (Å²) < 4.78 is 0.433. The maximum atomic E-state index is 10.5. The first-order valence-corrected chi connectivity index (χ1v) is 2.66. The van der Waals surface area contributed by atoms with Gasteiger partial charge in [-0.05, 0) is 12.1 Å². The quantitative estimate of drug-likeness (QED) is 0.547. The Hall–Kier alpha value is -0.960. The molecule has 0 bridgehead atoms. The fourth-order valence-electron chi connectivity index (χ4n) is 0.457. The van der Waals surface area contributed by atoms with Gasteiger partial charge in [-0.15, -0.1) is 0 Å². The molecule has 0 aliphatic rings. The molecule has 48 valence electrons.